The number of hydrogen-bond donors (Lipinski definition) is 0. The molecule has 0 aliphatic carbocycles. The largest absolute Gasteiger partial charge is 0.452 e. The number of fused-ring (bicyclic) bond motifs is 1. The molecule has 0 spiro atoms. The fourth-order valence-electron chi connectivity index (χ4n) is 3.19. The van der Waals surface area contributed by atoms with Gasteiger partial charge in [0.25, 0.3) is 0 Å². The van der Waals surface area contributed by atoms with E-state index in [4.69, 9.17) is 20.8 Å². The molecule has 0 unspecified atom stereocenters. The maximum absolute atomic E-state index is 13.3. The topological polar surface area (TPSA) is 69.4 Å². The van der Waals surface area contributed by atoms with Crippen LogP contribution < -0.4 is 10.2 Å². The number of hydrogen-bond acceptors (Lipinski definition) is 5. The number of ether oxygens (including phenoxy) is 1. The first-order valence-electron chi connectivity index (χ1n) is 9.73. The molecule has 0 saturated heterocycles. The van der Waals surface area contributed by atoms with Gasteiger partial charge in [-0.25, -0.2) is 4.79 Å². The smallest absolute Gasteiger partial charge is 0.345 e. The van der Waals surface area contributed by atoms with Gasteiger partial charge in [-0.2, -0.15) is 0 Å². The minimum absolute atomic E-state index is 0.0326. The van der Waals surface area contributed by atoms with Gasteiger partial charge in [0.15, 0.2) is 5.76 Å². The van der Waals surface area contributed by atoms with Crippen LogP contribution in [0.15, 0.2) is 76.2 Å². The molecule has 0 saturated carbocycles. The predicted molar refractivity (Wildman–Crippen MR) is 121 cm³/mol. The molecule has 0 aliphatic rings. The van der Waals surface area contributed by atoms with Crippen LogP contribution in [0.25, 0.3) is 22.3 Å². The zero-order valence-electron chi connectivity index (χ0n) is 17.3. The molecule has 2 aromatic heterocycles. The van der Waals surface area contributed by atoms with Crippen molar-refractivity contribution in [1.29, 1.82) is 0 Å². The van der Waals surface area contributed by atoms with Crippen molar-refractivity contribution < 1.29 is 13.9 Å². The van der Waals surface area contributed by atoms with Crippen LogP contribution in [0.3, 0.4) is 0 Å². The number of rotatable bonds is 3. The molecule has 2 aromatic carbocycles. The Labute approximate surface area is 184 Å². The molecule has 0 fully saturated rings. The first-order valence-corrected chi connectivity index (χ1v) is 10.1. The van der Waals surface area contributed by atoms with E-state index in [1.54, 1.807) is 30.5 Å². The maximum Gasteiger partial charge on any atom is 0.345 e. The highest BCUT2D eigenvalue weighted by atomic mass is 35.5. The number of carbonyl (C=O) groups is 1. The van der Waals surface area contributed by atoms with E-state index in [2.05, 4.69) is 25.8 Å². The monoisotopic (exact) mass is 433 g/mol. The normalized spacial score (nSPS) is 11.5. The average molecular weight is 434 g/mol. The van der Waals surface area contributed by atoms with Gasteiger partial charge < -0.3 is 9.15 Å². The summed E-state index contributed by atoms with van der Waals surface area (Å²) in [7, 11) is 0. The summed E-state index contributed by atoms with van der Waals surface area (Å²) in [5, 5.41) is 0.614. The summed E-state index contributed by atoms with van der Waals surface area (Å²) in [5.41, 5.74) is 1.81. The third-order valence-electron chi connectivity index (χ3n) is 4.92. The lowest BCUT2D eigenvalue weighted by Crippen LogP contribution is -2.16. The van der Waals surface area contributed by atoms with Crippen LogP contribution in [0.4, 0.5) is 0 Å². The van der Waals surface area contributed by atoms with E-state index in [9.17, 15) is 9.59 Å². The molecular formula is C25H20ClNO4. The Bertz CT molecular complexity index is 1320. The van der Waals surface area contributed by atoms with E-state index in [1.807, 2.05) is 24.3 Å². The summed E-state index contributed by atoms with van der Waals surface area (Å²) in [6.45, 7) is 6.34. The number of benzene rings is 2. The maximum atomic E-state index is 13.3. The lowest BCUT2D eigenvalue weighted by molar-refractivity contribution is 0.0731. The summed E-state index contributed by atoms with van der Waals surface area (Å²) in [5.74, 6) is -0.709. The number of esters is 1. The van der Waals surface area contributed by atoms with E-state index in [1.165, 1.54) is 12.3 Å². The van der Waals surface area contributed by atoms with Gasteiger partial charge in [0.1, 0.15) is 5.58 Å². The Morgan fingerprint density at radius 3 is 2.45 bits per heavy atom. The van der Waals surface area contributed by atoms with Crippen molar-refractivity contribution in [3.05, 3.63) is 93.4 Å². The van der Waals surface area contributed by atoms with Gasteiger partial charge in [0.05, 0.1) is 10.9 Å². The highest BCUT2D eigenvalue weighted by Gasteiger charge is 2.22. The van der Waals surface area contributed by atoms with Gasteiger partial charge in [-0.3, -0.25) is 9.78 Å². The molecule has 31 heavy (non-hydrogen) atoms. The number of pyridine rings is 1. The van der Waals surface area contributed by atoms with E-state index >= 15 is 0 Å². The van der Waals surface area contributed by atoms with Crippen LogP contribution in [0, 0.1) is 0 Å². The lowest BCUT2D eigenvalue weighted by atomic mass is 9.86. The number of halogens is 1. The van der Waals surface area contributed by atoms with Crippen LogP contribution in [-0.4, -0.2) is 11.0 Å². The molecule has 0 bridgehead atoms. The van der Waals surface area contributed by atoms with E-state index in [-0.39, 0.29) is 27.9 Å². The van der Waals surface area contributed by atoms with Crippen molar-refractivity contribution in [1.82, 2.24) is 4.98 Å². The van der Waals surface area contributed by atoms with Crippen molar-refractivity contribution >= 4 is 28.5 Å². The third-order valence-corrected chi connectivity index (χ3v) is 5.15. The van der Waals surface area contributed by atoms with Crippen molar-refractivity contribution in [3.63, 3.8) is 0 Å². The number of aromatic nitrogens is 1. The Hall–Kier alpha value is -3.44. The summed E-state index contributed by atoms with van der Waals surface area (Å²) >= 11 is 6.06. The second kappa shape index (κ2) is 8.00. The second-order valence-corrected chi connectivity index (χ2v) is 8.62. The first kappa shape index (κ1) is 20.8. The quantitative estimate of drug-likeness (QED) is 0.369. The second-order valence-electron chi connectivity index (χ2n) is 8.19. The van der Waals surface area contributed by atoms with Gasteiger partial charge in [-0.1, -0.05) is 56.6 Å². The summed E-state index contributed by atoms with van der Waals surface area (Å²) in [6.07, 6.45) is 2.92. The lowest BCUT2D eigenvalue weighted by Gasteiger charge is -2.19. The molecule has 5 nitrogen and oxygen atoms in total. The van der Waals surface area contributed by atoms with Gasteiger partial charge >= 0.3 is 5.97 Å². The van der Waals surface area contributed by atoms with Gasteiger partial charge in [-0.05, 0) is 41.3 Å². The Kier molecular flexibility index (Phi) is 5.38. The van der Waals surface area contributed by atoms with Crippen molar-refractivity contribution in [3.8, 4) is 17.1 Å². The minimum atomic E-state index is -0.700. The van der Waals surface area contributed by atoms with Crippen molar-refractivity contribution in [2.75, 3.05) is 0 Å². The van der Waals surface area contributed by atoms with E-state index in [0.717, 1.165) is 5.56 Å². The zero-order chi connectivity index (χ0) is 22.2. The van der Waals surface area contributed by atoms with Gasteiger partial charge in [0, 0.05) is 23.0 Å². The van der Waals surface area contributed by atoms with Gasteiger partial charge in [-0.15, -0.1) is 0 Å². The fourth-order valence-corrected chi connectivity index (χ4v) is 3.36. The molecule has 2 heterocycles. The average Bonchev–Trinajstić information content (AvgIpc) is 2.76. The van der Waals surface area contributed by atoms with Crippen LogP contribution in [0.1, 0.15) is 36.7 Å². The number of nitrogens with zero attached hydrogens (tertiary/aromatic N) is 1. The molecule has 0 radical (unpaired) electrons. The number of carbonyl (C=O) groups excluding carboxylic acids is 1. The minimum Gasteiger partial charge on any atom is -0.452 e. The molecule has 4 aromatic rings. The fraction of sp³-hybridized carbons (Fsp3) is 0.160. The first-order chi connectivity index (χ1) is 14.7. The Balaban J connectivity index is 1.89. The highest BCUT2D eigenvalue weighted by molar-refractivity contribution is 6.31. The van der Waals surface area contributed by atoms with Gasteiger partial charge in [0.2, 0.25) is 11.2 Å². The van der Waals surface area contributed by atoms with E-state index < -0.39 is 11.4 Å². The molecule has 0 N–H and O–H groups in total. The Morgan fingerprint density at radius 2 is 1.81 bits per heavy atom. The molecule has 0 atom stereocenters. The van der Waals surface area contributed by atoms with Crippen LogP contribution in [0.5, 0.6) is 5.75 Å². The summed E-state index contributed by atoms with van der Waals surface area (Å²) < 4.78 is 11.6. The standard InChI is InChI=1S/C25H20ClNO4/c1-25(2,3)17-8-6-15(7-9-17)22-23(31-24(29)16-5-4-12-27-14-16)21(28)19-13-18(26)10-11-20(19)30-22/h4-14H,1-3H3. The summed E-state index contributed by atoms with van der Waals surface area (Å²) in [4.78, 5) is 29.9. The SMILES string of the molecule is CC(C)(C)c1ccc(-c2oc3ccc(Cl)cc3c(=O)c2OC(=O)c2cccnc2)cc1. The van der Waals surface area contributed by atoms with E-state index in [0.29, 0.717) is 16.2 Å². The summed E-state index contributed by atoms with van der Waals surface area (Å²) in [6, 6.07) is 15.6. The predicted octanol–water partition coefficient (Wildman–Crippen LogP) is 6.03. The van der Waals surface area contributed by atoms with Crippen molar-refractivity contribution in [2.45, 2.75) is 26.2 Å². The molecule has 0 aliphatic heterocycles. The van der Waals surface area contributed by atoms with Crippen LogP contribution in [0.2, 0.25) is 5.02 Å². The molecule has 0 amide bonds. The Morgan fingerprint density at radius 1 is 1.06 bits per heavy atom. The third kappa shape index (κ3) is 4.23. The molecule has 156 valence electrons. The molecule has 4 rings (SSSR count). The molecule has 6 heteroatoms. The van der Waals surface area contributed by atoms with Crippen LogP contribution >= 0.6 is 11.6 Å². The zero-order valence-corrected chi connectivity index (χ0v) is 18.1. The van der Waals surface area contributed by atoms with Crippen LogP contribution in [-0.2, 0) is 5.41 Å². The highest BCUT2D eigenvalue weighted by Crippen LogP contribution is 2.33. The molecular weight excluding hydrogens is 414 g/mol. The van der Waals surface area contributed by atoms with Crippen molar-refractivity contribution in [2.24, 2.45) is 0 Å².